The van der Waals surface area contributed by atoms with E-state index in [1.807, 2.05) is 0 Å². The molecule has 208 valence electrons. The van der Waals surface area contributed by atoms with Gasteiger partial charge in [-0.2, -0.15) is 0 Å². The average Bonchev–Trinajstić information content (AvgIpc) is 3.32. The summed E-state index contributed by atoms with van der Waals surface area (Å²) in [6, 6.07) is 7.43. The van der Waals surface area contributed by atoms with Gasteiger partial charge in [0.05, 0.1) is 26.2 Å². The molecule has 12 heteroatoms. The fourth-order valence-electron chi connectivity index (χ4n) is 5.02. The number of hydrogen-bond acceptors (Lipinski definition) is 11. The van der Waals surface area contributed by atoms with Crippen molar-refractivity contribution in [1.29, 1.82) is 0 Å². The van der Waals surface area contributed by atoms with Crippen molar-refractivity contribution in [3.63, 3.8) is 0 Å². The number of fused-ring (bicyclic) bond motifs is 2. The number of phenols is 1. The van der Waals surface area contributed by atoms with Gasteiger partial charge in [0, 0.05) is 5.56 Å². The maximum Gasteiger partial charge on any atom is 0.309 e. The third kappa shape index (κ3) is 4.50. The summed E-state index contributed by atoms with van der Waals surface area (Å²) < 4.78 is 27.6. The first-order valence-electron chi connectivity index (χ1n) is 12.3. The van der Waals surface area contributed by atoms with Gasteiger partial charge in [-0.05, 0) is 49.1 Å². The van der Waals surface area contributed by atoms with Crippen LogP contribution in [0.2, 0.25) is 0 Å². The van der Waals surface area contributed by atoms with E-state index in [0.717, 1.165) is 6.42 Å². The predicted octanol–water partition coefficient (Wildman–Crippen LogP) is 1.86. The molecule has 0 saturated heterocycles. The van der Waals surface area contributed by atoms with Crippen molar-refractivity contribution in [2.75, 3.05) is 14.2 Å². The summed E-state index contributed by atoms with van der Waals surface area (Å²) in [5.74, 6) is -2.90. The maximum absolute atomic E-state index is 13.2. The SMILES string of the molecule is COc1ccc2oc(-c3ccc4c(c3)O[C@H](C(O)[C@@H](O)C(O)[C@@H](C(=O)O)C3CCC3)O4)c(OC)c(=O)c2c1O. The van der Waals surface area contributed by atoms with E-state index in [0.29, 0.717) is 18.4 Å². The Morgan fingerprint density at radius 1 is 1.00 bits per heavy atom. The minimum Gasteiger partial charge on any atom is -0.504 e. The quantitative estimate of drug-likeness (QED) is 0.264. The van der Waals surface area contributed by atoms with Gasteiger partial charge in [-0.15, -0.1) is 0 Å². The van der Waals surface area contributed by atoms with Crippen molar-refractivity contribution in [2.24, 2.45) is 11.8 Å². The highest BCUT2D eigenvalue weighted by Crippen LogP contribution is 2.43. The van der Waals surface area contributed by atoms with Crippen molar-refractivity contribution < 1.29 is 53.7 Å². The number of carbonyl (C=O) groups is 1. The van der Waals surface area contributed by atoms with E-state index in [2.05, 4.69) is 0 Å². The van der Waals surface area contributed by atoms with Crippen molar-refractivity contribution in [1.82, 2.24) is 0 Å². The van der Waals surface area contributed by atoms with Crippen molar-refractivity contribution in [3.05, 3.63) is 40.6 Å². The third-order valence-electron chi connectivity index (χ3n) is 7.36. The van der Waals surface area contributed by atoms with Crippen LogP contribution in [0.25, 0.3) is 22.3 Å². The normalized spacial score (nSPS) is 19.7. The van der Waals surface area contributed by atoms with Gasteiger partial charge >= 0.3 is 5.97 Å². The molecule has 0 amide bonds. The zero-order valence-electron chi connectivity index (χ0n) is 21.1. The number of aliphatic hydroxyl groups excluding tert-OH is 3. The van der Waals surface area contributed by atoms with Gasteiger partial charge in [0.2, 0.25) is 11.2 Å². The van der Waals surface area contributed by atoms with E-state index >= 15 is 0 Å². The molecule has 1 aliphatic carbocycles. The molecular formula is C27H28O12. The fourth-order valence-corrected chi connectivity index (χ4v) is 5.02. The topological polar surface area (TPSA) is 185 Å². The molecule has 2 unspecified atom stereocenters. The number of hydrogen-bond donors (Lipinski definition) is 5. The maximum atomic E-state index is 13.2. The van der Waals surface area contributed by atoms with Gasteiger partial charge in [-0.1, -0.05) is 6.42 Å². The lowest BCUT2D eigenvalue weighted by molar-refractivity contribution is -0.173. The molecule has 1 saturated carbocycles. The highest BCUT2D eigenvalue weighted by molar-refractivity contribution is 5.89. The Balaban J connectivity index is 1.41. The minimum atomic E-state index is -1.85. The van der Waals surface area contributed by atoms with Crippen LogP contribution in [0.4, 0.5) is 0 Å². The van der Waals surface area contributed by atoms with Gasteiger partial charge in [0.15, 0.2) is 34.9 Å². The number of benzene rings is 2. The number of aromatic hydroxyl groups is 1. The van der Waals surface area contributed by atoms with Crippen LogP contribution >= 0.6 is 0 Å². The van der Waals surface area contributed by atoms with Gasteiger partial charge in [0.25, 0.3) is 6.29 Å². The number of carboxylic acids is 1. The molecule has 12 nitrogen and oxygen atoms in total. The molecule has 0 radical (unpaired) electrons. The predicted molar refractivity (Wildman–Crippen MR) is 134 cm³/mol. The number of carboxylic acid groups (broad SMARTS) is 1. The lowest BCUT2D eigenvalue weighted by Gasteiger charge is -2.36. The molecule has 1 fully saturated rings. The Morgan fingerprint density at radius 3 is 2.33 bits per heavy atom. The molecule has 3 aromatic rings. The molecule has 1 aromatic heterocycles. The van der Waals surface area contributed by atoms with Crippen LogP contribution in [0.1, 0.15) is 19.3 Å². The number of rotatable bonds is 9. The fraction of sp³-hybridized carbons (Fsp3) is 0.407. The first-order valence-corrected chi connectivity index (χ1v) is 12.3. The van der Waals surface area contributed by atoms with Crippen molar-refractivity contribution in [2.45, 2.75) is 43.9 Å². The van der Waals surface area contributed by atoms with Crippen LogP contribution in [0.15, 0.2) is 39.5 Å². The lowest BCUT2D eigenvalue weighted by Crippen LogP contribution is -2.53. The Morgan fingerprint density at radius 2 is 1.72 bits per heavy atom. The second-order valence-electron chi connectivity index (χ2n) is 9.58. The Bertz CT molecular complexity index is 1460. The first kappa shape index (κ1) is 26.6. The van der Waals surface area contributed by atoms with Crippen LogP contribution in [0.3, 0.4) is 0 Å². The number of phenolic OH excluding ortho intramolecular Hbond substituents is 1. The number of aliphatic hydroxyl groups is 3. The summed E-state index contributed by atoms with van der Waals surface area (Å²) in [5.41, 5.74) is -0.209. The second-order valence-corrected chi connectivity index (χ2v) is 9.58. The highest BCUT2D eigenvalue weighted by atomic mass is 16.7. The monoisotopic (exact) mass is 544 g/mol. The van der Waals surface area contributed by atoms with E-state index in [4.69, 9.17) is 23.4 Å². The molecule has 5 rings (SSSR count). The van der Waals surface area contributed by atoms with Gasteiger partial charge in [-0.3, -0.25) is 9.59 Å². The largest absolute Gasteiger partial charge is 0.504 e. The van der Waals surface area contributed by atoms with Crippen LogP contribution < -0.4 is 24.4 Å². The van der Waals surface area contributed by atoms with Crippen molar-refractivity contribution in [3.8, 4) is 40.1 Å². The standard InChI is InChI=1S/C27H28O12/c1-35-15-9-8-14-18(19(15)28)21(30)25(36-2)24(37-14)12-6-7-13-16(10-12)39-27(38-13)23(32)22(31)20(29)17(26(33)34)11-4-3-5-11/h6-11,17,20,22-23,27-29,31-32H,3-5H2,1-2H3,(H,33,34)/t17-,20?,22-,23?,27+/m0/s1. The van der Waals surface area contributed by atoms with E-state index in [1.54, 1.807) is 6.07 Å². The highest BCUT2D eigenvalue weighted by Gasteiger charge is 2.46. The van der Waals surface area contributed by atoms with Crippen LogP contribution in [0.5, 0.6) is 28.7 Å². The summed E-state index contributed by atoms with van der Waals surface area (Å²) in [6.45, 7) is 0. The zero-order valence-corrected chi connectivity index (χ0v) is 21.1. The molecular weight excluding hydrogens is 516 g/mol. The van der Waals surface area contributed by atoms with Gasteiger partial charge in [-0.25, -0.2) is 0 Å². The smallest absolute Gasteiger partial charge is 0.309 e. The van der Waals surface area contributed by atoms with E-state index in [1.165, 1.54) is 38.5 Å². The zero-order chi connectivity index (χ0) is 28.0. The van der Waals surface area contributed by atoms with Gasteiger partial charge < -0.3 is 48.9 Å². The summed E-state index contributed by atoms with van der Waals surface area (Å²) in [7, 11) is 2.63. The summed E-state index contributed by atoms with van der Waals surface area (Å²) >= 11 is 0. The average molecular weight is 545 g/mol. The molecule has 0 spiro atoms. The summed E-state index contributed by atoms with van der Waals surface area (Å²) in [4.78, 5) is 24.9. The molecule has 39 heavy (non-hydrogen) atoms. The number of aliphatic carboxylic acids is 1. The molecule has 2 aromatic carbocycles. The molecule has 0 bridgehead atoms. The van der Waals surface area contributed by atoms with Gasteiger partial charge in [0.1, 0.15) is 17.1 Å². The minimum absolute atomic E-state index is 0.0372. The summed E-state index contributed by atoms with van der Waals surface area (Å²) in [6.07, 6.45) is -4.74. The number of methoxy groups -OCH3 is 2. The van der Waals surface area contributed by atoms with E-state index in [-0.39, 0.29) is 51.4 Å². The molecule has 5 atom stereocenters. The lowest BCUT2D eigenvalue weighted by atomic mass is 9.72. The first-order chi connectivity index (χ1) is 18.7. The Hall–Kier alpha value is -4.00. The Kier molecular flexibility index (Phi) is 7.02. The summed E-state index contributed by atoms with van der Waals surface area (Å²) in [5, 5.41) is 51.7. The molecule has 1 aliphatic heterocycles. The second kappa shape index (κ2) is 10.3. The van der Waals surface area contributed by atoms with Crippen LogP contribution in [0, 0.1) is 11.8 Å². The van der Waals surface area contributed by atoms with E-state index < -0.39 is 41.9 Å². The van der Waals surface area contributed by atoms with Crippen molar-refractivity contribution >= 4 is 16.9 Å². The molecule has 2 heterocycles. The van der Waals surface area contributed by atoms with E-state index in [9.17, 15) is 35.1 Å². The third-order valence-corrected chi connectivity index (χ3v) is 7.36. The number of ether oxygens (including phenoxy) is 4. The molecule has 2 aliphatic rings. The Labute approximate surface area is 221 Å². The van der Waals surface area contributed by atoms with Crippen LogP contribution in [-0.4, -0.2) is 70.3 Å². The van der Waals surface area contributed by atoms with Crippen LogP contribution in [-0.2, 0) is 4.79 Å². The molecule has 5 N–H and O–H groups in total.